The van der Waals surface area contributed by atoms with E-state index >= 15 is 0 Å². The molecular formula is C12H8B. The van der Waals surface area contributed by atoms with Crippen LogP contribution in [0.15, 0.2) is 48.5 Å². The minimum absolute atomic E-state index is 1.34. The fraction of sp³-hybridized carbons (Fsp3) is 0. The lowest BCUT2D eigenvalue weighted by molar-refractivity contribution is 1.71. The third kappa shape index (κ3) is 0.935. The highest BCUT2D eigenvalue weighted by Gasteiger charge is 2.17. The molecule has 0 amide bonds. The lowest BCUT2D eigenvalue weighted by atomic mass is 9.68. The quantitative estimate of drug-likeness (QED) is 0.438. The third-order valence-corrected chi connectivity index (χ3v) is 2.52. The number of benzene rings is 2. The van der Waals surface area contributed by atoms with Crippen molar-refractivity contribution >= 4 is 18.2 Å². The zero-order valence-electron chi connectivity index (χ0n) is 7.20. The third-order valence-electron chi connectivity index (χ3n) is 2.52. The number of rotatable bonds is 0. The lowest BCUT2D eigenvalue weighted by Gasteiger charge is -1.99. The van der Waals surface area contributed by atoms with E-state index in [4.69, 9.17) is 0 Å². The van der Waals surface area contributed by atoms with E-state index in [0.29, 0.717) is 0 Å². The molecule has 0 aromatic heterocycles. The summed E-state index contributed by atoms with van der Waals surface area (Å²) in [5, 5.41) is 0. The highest BCUT2D eigenvalue weighted by molar-refractivity contribution is 6.73. The molecule has 2 aromatic carbocycles. The molecule has 1 heterocycles. The van der Waals surface area contributed by atoms with Gasteiger partial charge in [-0.1, -0.05) is 59.5 Å². The van der Waals surface area contributed by atoms with E-state index < -0.39 is 0 Å². The summed E-state index contributed by atoms with van der Waals surface area (Å²) in [5.41, 5.74) is 5.39. The minimum Gasteiger partial charge on any atom is -0.0737 e. The first-order valence-electron chi connectivity index (χ1n) is 4.48. The fourth-order valence-electron chi connectivity index (χ4n) is 1.90. The van der Waals surface area contributed by atoms with Crippen molar-refractivity contribution in [1.29, 1.82) is 0 Å². The summed E-state index contributed by atoms with van der Waals surface area (Å²) >= 11 is 0. The van der Waals surface area contributed by atoms with Crippen molar-refractivity contribution in [3.8, 4) is 11.1 Å². The molecule has 3 rings (SSSR count). The standard InChI is InChI=1S/C12H8B/c1-3-7-11-9(5-1)10-6-2-4-8-12(10)13-11/h1-8H. The van der Waals surface area contributed by atoms with Crippen LogP contribution in [0.1, 0.15) is 0 Å². The fourth-order valence-corrected chi connectivity index (χ4v) is 1.90. The summed E-state index contributed by atoms with van der Waals surface area (Å²) in [5.74, 6) is 0. The van der Waals surface area contributed by atoms with E-state index in [1.165, 1.54) is 22.1 Å². The molecule has 0 bridgehead atoms. The summed E-state index contributed by atoms with van der Waals surface area (Å²) in [6.07, 6.45) is 0. The Bertz CT molecular complexity index is 417. The predicted molar refractivity (Wildman–Crippen MR) is 56.9 cm³/mol. The molecule has 1 aliphatic heterocycles. The Labute approximate surface area is 78.5 Å². The van der Waals surface area contributed by atoms with Crippen LogP contribution in [0.4, 0.5) is 0 Å². The Kier molecular flexibility index (Phi) is 1.34. The van der Waals surface area contributed by atoms with E-state index in [-0.39, 0.29) is 0 Å². The van der Waals surface area contributed by atoms with Gasteiger partial charge in [-0.2, -0.15) is 0 Å². The van der Waals surface area contributed by atoms with Crippen molar-refractivity contribution in [1.82, 2.24) is 0 Å². The predicted octanol–water partition coefficient (Wildman–Crippen LogP) is 1.32. The second-order valence-corrected chi connectivity index (χ2v) is 3.32. The molecule has 0 aliphatic carbocycles. The summed E-state index contributed by atoms with van der Waals surface area (Å²) in [4.78, 5) is 0. The van der Waals surface area contributed by atoms with Crippen LogP contribution in [0, 0.1) is 0 Å². The van der Waals surface area contributed by atoms with Crippen molar-refractivity contribution in [2.45, 2.75) is 0 Å². The smallest absolute Gasteiger partial charge is 0.0737 e. The molecule has 0 N–H and O–H groups in total. The Balaban J connectivity index is 2.32. The zero-order valence-corrected chi connectivity index (χ0v) is 7.20. The molecule has 0 unspecified atom stereocenters. The summed E-state index contributed by atoms with van der Waals surface area (Å²) in [6, 6.07) is 17.0. The molecule has 0 saturated heterocycles. The number of hydrogen-bond donors (Lipinski definition) is 0. The number of hydrogen-bond acceptors (Lipinski definition) is 0. The normalized spacial score (nSPS) is 11.7. The molecular weight excluding hydrogens is 155 g/mol. The summed E-state index contributed by atoms with van der Waals surface area (Å²) < 4.78 is 0. The zero-order chi connectivity index (χ0) is 8.67. The van der Waals surface area contributed by atoms with Crippen molar-refractivity contribution < 1.29 is 0 Å². The van der Waals surface area contributed by atoms with Gasteiger partial charge < -0.3 is 0 Å². The molecule has 0 atom stereocenters. The lowest BCUT2D eigenvalue weighted by Crippen LogP contribution is -2.20. The van der Waals surface area contributed by atoms with Crippen LogP contribution in [0.3, 0.4) is 0 Å². The Morgan fingerprint density at radius 1 is 0.615 bits per heavy atom. The molecule has 0 fully saturated rings. The van der Waals surface area contributed by atoms with Gasteiger partial charge in [0.1, 0.15) is 0 Å². The van der Waals surface area contributed by atoms with Gasteiger partial charge >= 0.3 is 0 Å². The molecule has 0 saturated carbocycles. The van der Waals surface area contributed by atoms with Gasteiger partial charge in [-0.3, -0.25) is 0 Å². The van der Waals surface area contributed by atoms with Gasteiger partial charge in [0.25, 0.3) is 0 Å². The molecule has 59 valence electrons. The van der Waals surface area contributed by atoms with Gasteiger partial charge in [-0.15, -0.1) is 0 Å². The van der Waals surface area contributed by atoms with Crippen molar-refractivity contribution in [3.63, 3.8) is 0 Å². The first-order valence-corrected chi connectivity index (χ1v) is 4.48. The van der Waals surface area contributed by atoms with E-state index in [0.717, 1.165) is 0 Å². The van der Waals surface area contributed by atoms with Gasteiger partial charge in [-0.05, 0) is 11.1 Å². The van der Waals surface area contributed by atoms with E-state index in [1.807, 2.05) is 0 Å². The highest BCUT2D eigenvalue weighted by atomic mass is 14.1. The van der Waals surface area contributed by atoms with Gasteiger partial charge in [-0.25, -0.2) is 0 Å². The molecule has 13 heavy (non-hydrogen) atoms. The Morgan fingerprint density at radius 3 is 1.62 bits per heavy atom. The topological polar surface area (TPSA) is 0 Å². The summed E-state index contributed by atoms with van der Waals surface area (Å²) in [7, 11) is 2.24. The highest BCUT2D eigenvalue weighted by Crippen LogP contribution is 2.18. The van der Waals surface area contributed by atoms with Gasteiger partial charge in [0.15, 0.2) is 7.28 Å². The largest absolute Gasteiger partial charge is 0.193 e. The molecule has 1 radical (unpaired) electrons. The van der Waals surface area contributed by atoms with E-state index in [2.05, 4.69) is 55.8 Å². The maximum atomic E-state index is 2.24. The molecule has 1 aliphatic rings. The van der Waals surface area contributed by atoms with Gasteiger partial charge in [0.05, 0.1) is 0 Å². The number of fused-ring (bicyclic) bond motifs is 3. The van der Waals surface area contributed by atoms with Crippen LogP contribution in [-0.2, 0) is 0 Å². The van der Waals surface area contributed by atoms with Crippen LogP contribution < -0.4 is 10.9 Å². The van der Waals surface area contributed by atoms with E-state index in [1.54, 1.807) is 0 Å². The SMILES string of the molecule is [B]1c2ccccc2-c2ccccc21. The second-order valence-electron chi connectivity index (χ2n) is 3.32. The Hall–Kier alpha value is -1.50. The van der Waals surface area contributed by atoms with Crippen molar-refractivity contribution in [2.75, 3.05) is 0 Å². The van der Waals surface area contributed by atoms with Gasteiger partial charge in [0.2, 0.25) is 0 Å². The van der Waals surface area contributed by atoms with Crippen molar-refractivity contribution in [2.24, 2.45) is 0 Å². The van der Waals surface area contributed by atoms with Crippen LogP contribution in [0.2, 0.25) is 0 Å². The van der Waals surface area contributed by atoms with Crippen LogP contribution in [0.25, 0.3) is 11.1 Å². The van der Waals surface area contributed by atoms with Crippen LogP contribution >= 0.6 is 0 Å². The van der Waals surface area contributed by atoms with Crippen LogP contribution in [0.5, 0.6) is 0 Å². The minimum atomic E-state index is 1.34. The molecule has 0 nitrogen and oxygen atoms in total. The molecule has 0 spiro atoms. The van der Waals surface area contributed by atoms with Gasteiger partial charge in [0, 0.05) is 0 Å². The van der Waals surface area contributed by atoms with Crippen LogP contribution in [-0.4, -0.2) is 7.28 Å². The summed E-state index contributed by atoms with van der Waals surface area (Å²) in [6.45, 7) is 0. The first kappa shape index (κ1) is 6.96. The first-order chi connectivity index (χ1) is 6.45. The van der Waals surface area contributed by atoms with E-state index in [9.17, 15) is 0 Å². The maximum absolute atomic E-state index is 2.24. The Morgan fingerprint density at radius 2 is 1.08 bits per heavy atom. The average molecular weight is 163 g/mol. The molecule has 2 aromatic rings. The average Bonchev–Trinajstić information content (AvgIpc) is 2.56. The monoisotopic (exact) mass is 163 g/mol. The van der Waals surface area contributed by atoms with Crippen molar-refractivity contribution in [3.05, 3.63) is 48.5 Å². The molecule has 1 heteroatoms. The second kappa shape index (κ2) is 2.49. The maximum Gasteiger partial charge on any atom is 0.193 e.